The minimum Gasteiger partial charge on any atom is -0.381 e. The number of nitrogens with one attached hydrogen (secondary N) is 1. The fourth-order valence-corrected chi connectivity index (χ4v) is 3.74. The van der Waals surface area contributed by atoms with Gasteiger partial charge in [-0.25, -0.2) is 0 Å². The number of rotatable bonds is 4. The first-order chi connectivity index (χ1) is 10.7. The Kier molecular flexibility index (Phi) is 5.02. The van der Waals surface area contributed by atoms with E-state index in [4.69, 9.17) is 14.2 Å². The number of methoxy groups -OCH3 is 1. The fourth-order valence-electron chi connectivity index (χ4n) is 2.83. The zero-order valence-electron chi connectivity index (χ0n) is 12.7. The Balaban J connectivity index is 1.65. The molecule has 1 aromatic rings. The molecule has 7 nitrogen and oxygen atoms in total. The molecule has 3 rings (SSSR count). The van der Waals surface area contributed by atoms with Crippen molar-refractivity contribution in [2.24, 2.45) is 0 Å². The molecule has 0 spiro atoms. The first kappa shape index (κ1) is 15.8. The molecule has 2 fully saturated rings. The van der Waals surface area contributed by atoms with Gasteiger partial charge < -0.3 is 14.2 Å². The maximum absolute atomic E-state index is 12.5. The summed E-state index contributed by atoms with van der Waals surface area (Å²) in [5, 5.41) is 12.7. The summed E-state index contributed by atoms with van der Waals surface area (Å²) < 4.78 is 16.2. The van der Waals surface area contributed by atoms with Crippen LogP contribution in [0.25, 0.3) is 0 Å². The monoisotopic (exact) mass is 327 g/mol. The molecular weight excluding hydrogens is 306 g/mol. The second-order valence-corrected chi connectivity index (χ2v) is 6.61. The van der Waals surface area contributed by atoms with E-state index in [1.54, 1.807) is 7.11 Å². The quantitative estimate of drug-likeness (QED) is 0.904. The number of carbonyl (C=O) groups is 1. The van der Waals surface area contributed by atoms with Gasteiger partial charge in [-0.05, 0) is 12.8 Å². The topological polar surface area (TPSA) is 82.6 Å². The maximum atomic E-state index is 12.5. The standard InChI is InChI=1S/C14H21N3O4S/c1-19-14(4-8-21-9-5-14)12(18)15-13-17-16-11(22-13)10-2-6-20-7-3-10/h10H,2-9H2,1H3,(H,15,17,18). The molecule has 1 aromatic heterocycles. The molecule has 22 heavy (non-hydrogen) atoms. The van der Waals surface area contributed by atoms with Crippen molar-refractivity contribution >= 4 is 22.4 Å². The molecule has 2 aliphatic heterocycles. The van der Waals surface area contributed by atoms with Crippen molar-refractivity contribution in [1.29, 1.82) is 0 Å². The second-order valence-electron chi connectivity index (χ2n) is 5.60. The summed E-state index contributed by atoms with van der Waals surface area (Å²) in [6.07, 6.45) is 3.03. The van der Waals surface area contributed by atoms with E-state index in [1.165, 1.54) is 11.3 Å². The van der Waals surface area contributed by atoms with Crippen molar-refractivity contribution in [3.63, 3.8) is 0 Å². The largest absolute Gasteiger partial charge is 0.381 e. The predicted molar refractivity (Wildman–Crippen MR) is 81.1 cm³/mol. The van der Waals surface area contributed by atoms with E-state index in [1.807, 2.05) is 0 Å². The van der Waals surface area contributed by atoms with Gasteiger partial charge in [-0.15, -0.1) is 10.2 Å². The molecule has 0 radical (unpaired) electrons. The highest BCUT2D eigenvalue weighted by atomic mass is 32.1. The van der Waals surface area contributed by atoms with Gasteiger partial charge in [0.2, 0.25) is 5.13 Å². The lowest BCUT2D eigenvalue weighted by Crippen LogP contribution is -2.48. The number of amides is 1. The van der Waals surface area contributed by atoms with Crippen LogP contribution in [0.3, 0.4) is 0 Å². The predicted octanol–water partition coefficient (Wildman–Crippen LogP) is 1.57. The highest BCUT2D eigenvalue weighted by Crippen LogP contribution is 2.32. The maximum Gasteiger partial charge on any atom is 0.258 e. The smallest absolute Gasteiger partial charge is 0.258 e. The Bertz CT molecular complexity index is 510. The van der Waals surface area contributed by atoms with E-state index in [-0.39, 0.29) is 5.91 Å². The Morgan fingerprint density at radius 3 is 2.59 bits per heavy atom. The van der Waals surface area contributed by atoms with Gasteiger partial charge in [0.1, 0.15) is 5.01 Å². The van der Waals surface area contributed by atoms with E-state index in [2.05, 4.69) is 15.5 Å². The molecule has 2 saturated heterocycles. The summed E-state index contributed by atoms with van der Waals surface area (Å²) in [6.45, 7) is 2.59. The lowest BCUT2D eigenvalue weighted by Gasteiger charge is -2.33. The van der Waals surface area contributed by atoms with Gasteiger partial charge in [0, 0.05) is 52.3 Å². The third-order valence-corrected chi connectivity index (χ3v) is 5.34. The average Bonchev–Trinajstić information content (AvgIpc) is 3.05. The Morgan fingerprint density at radius 2 is 1.91 bits per heavy atom. The number of anilines is 1. The first-order valence-electron chi connectivity index (χ1n) is 7.59. The lowest BCUT2D eigenvalue weighted by atomic mass is 9.93. The highest BCUT2D eigenvalue weighted by Gasteiger charge is 2.40. The minimum atomic E-state index is -0.817. The van der Waals surface area contributed by atoms with E-state index in [9.17, 15) is 4.79 Å². The summed E-state index contributed by atoms with van der Waals surface area (Å²) in [5.74, 6) is 0.226. The van der Waals surface area contributed by atoms with Gasteiger partial charge in [0.05, 0.1) is 0 Å². The third-order valence-electron chi connectivity index (χ3n) is 4.34. The van der Waals surface area contributed by atoms with Gasteiger partial charge in [-0.1, -0.05) is 11.3 Å². The summed E-state index contributed by atoms with van der Waals surface area (Å²) in [7, 11) is 1.57. The molecule has 0 unspecified atom stereocenters. The number of aromatic nitrogens is 2. The van der Waals surface area contributed by atoms with Crippen LogP contribution in [-0.4, -0.2) is 55.2 Å². The lowest BCUT2D eigenvalue weighted by molar-refractivity contribution is -0.149. The number of nitrogens with zero attached hydrogens (tertiary/aromatic N) is 2. The van der Waals surface area contributed by atoms with E-state index < -0.39 is 5.60 Å². The number of hydrogen-bond acceptors (Lipinski definition) is 7. The van der Waals surface area contributed by atoms with Gasteiger partial charge >= 0.3 is 0 Å². The van der Waals surface area contributed by atoms with Crippen LogP contribution >= 0.6 is 11.3 Å². The molecular formula is C14H21N3O4S. The van der Waals surface area contributed by atoms with Crippen LogP contribution in [0, 0.1) is 0 Å². The summed E-state index contributed by atoms with van der Waals surface area (Å²) in [5.41, 5.74) is -0.817. The summed E-state index contributed by atoms with van der Waals surface area (Å²) in [4.78, 5) is 12.5. The van der Waals surface area contributed by atoms with Crippen molar-refractivity contribution in [1.82, 2.24) is 10.2 Å². The molecule has 0 atom stereocenters. The van der Waals surface area contributed by atoms with Crippen LogP contribution in [-0.2, 0) is 19.0 Å². The van der Waals surface area contributed by atoms with E-state index in [0.717, 1.165) is 31.1 Å². The van der Waals surface area contributed by atoms with Crippen molar-refractivity contribution in [2.75, 3.05) is 38.9 Å². The summed E-state index contributed by atoms with van der Waals surface area (Å²) in [6, 6.07) is 0. The van der Waals surface area contributed by atoms with Gasteiger partial charge in [-0.2, -0.15) is 0 Å². The van der Waals surface area contributed by atoms with Crippen molar-refractivity contribution in [2.45, 2.75) is 37.2 Å². The Hall–Kier alpha value is -1.09. The van der Waals surface area contributed by atoms with Crippen LogP contribution in [0.2, 0.25) is 0 Å². The molecule has 0 bridgehead atoms. The van der Waals surface area contributed by atoms with Crippen LogP contribution in [0.15, 0.2) is 0 Å². The molecule has 122 valence electrons. The average molecular weight is 327 g/mol. The number of ether oxygens (including phenoxy) is 3. The molecule has 0 saturated carbocycles. The Labute approximate surface area is 133 Å². The van der Waals surface area contributed by atoms with Crippen LogP contribution in [0.1, 0.15) is 36.6 Å². The second kappa shape index (κ2) is 6.99. The number of hydrogen-bond donors (Lipinski definition) is 1. The van der Waals surface area contributed by atoms with Gasteiger partial charge in [0.15, 0.2) is 5.60 Å². The highest BCUT2D eigenvalue weighted by molar-refractivity contribution is 7.15. The Morgan fingerprint density at radius 1 is 1.23 bits per heavy atom. The van der Waals surface area contributed by atoms with Gasteiger partial charge in [0.25, 0.3) is 5.91 Å². The molecule has 0 aliphatic carbocycles. The minimum absolute atomic E-state index is 0.159. The van der Waals surface area contributed by atoms with E-state index >= 15 is 0 Å². The zero-order chi connectivity index (χ0) is 15.4. The van der Waals surface area contributed by atoms with Gasteiger partial charge in [-0.3, -0.25) is 10.1 Å². The van der Waals surface area contributed by atoms with Crippen LogP contribution in [0.4, 0.5) is 5.13 Å². The normalized spacial score (nSPS) is 22.4. The van der Waals surface area contributed by atoms with E-state index in [0.29, 0.717) is 37.1 Å². The van der Waals surface area contributed by atoms with Crippen molar-refractivity contribution in [3.8, 4) is 0 Å². The molecule has 3 heterocycles. The molecule has 8 heteroatoms. The SMILES string of the molecule is COC1(C(=O)Nc2nnc(C3CCOCC3)s2)CCOCC1. The van der Waals surface area contributed by atoms with Crippen molar-refractivity contribution in [3.05, 3.63) is 5.01 Å². The van der Waals surface area contributed by atoms with Crippen LogP contribution in [0.5, 0.6) is 0 Å². The van der Waals surface area contributed by atoms with Crippen molar-refractivity contribution < 1.29 is 19.0 Å². The third kappa shape index (κ3) is 3.29. The number of carbonyl (C=O) groups excluding carboxylic acids is 1. The fraction of sp³-hybridized carbons (Fsp3) is 0.786. The summed E-state index contributed by atoms with van der Waals surface area (Å²) >= 11 is 1.44. The van der Waals surface area contributed by atoms with Crippen LogP contribution < -0.4 is 5.32 Å². The zero-order valence-corrected chi connectivity index (χ0v) is 13.5. The molecule has 0 aromatic carbocycles. The molecule has 1 N–H and O–H groups in total. The first-order valence-corrected chi connectivity index (χ1v) is 8.41. The molecule has 2 aliphatic rings. The molecule has 1 amide bonds.